The van der Waals surface area contributed by atoms with Crippen LogP contribution in [0.3, 0.4) is 0 Å². The molecule has 5 heteroatoms. The van der Waals surface area contributed by atoms with Crippen molar-refractivity contribution in [1.29, 1.82) is 0 Å². The highest BCUT2D eigenvalue weighted by Gasteiger charge is 2.35. The van der Waals surface area contributed by atoms with E-state index in [2.05, 4.69) is 15.9 Å². The highest BCUT2D eigenvalue weighted by Crippen LogP contribution is 2.37. The quantitative estimate of drug-likeness (QED) is 0.673. The topological polar surface area (TPSA) is 0 Å². The highest BCUT2D eigenvalue weighted by atomic mass is 79.9. The molecule has 0 aliphatic rings. The maximum atomic E-state index is 12.4. The van der Waals surface area contributed by atoms with Crippen LogP contribution in [0.1, 0.15) is 11.1 Å². The fraction of sp³-hybridized carbons (Fsp3) is 0.250. The van der Waals surface area contributed by atoms with Crippen molar-refractivity contribution in [2.45, 2.75) is 12.1 Å². The van der Waals surface area contributed by atoms with Crippen molar-refractivity contribution in [3.8, 4) is 0 Å². The molecule has 0 aromatic heterocycles. The zero-order valence-electron chi connectivity index (χ0n) is 6.33. The molecule has 0 saturated heterocycles. The Morgan fingerprint density at radius 1 is 1.31 bits per heavy atom. The summed E-state index contributed by atoms with van der Waals surface area (Å²) in [4.78, 5) is 0. The first-order valence-corrected chi connectivity index (χ1v) is 4.70. The normalized spacial score (nSPS) is 11.8. The first-order chi connectivity index (χ1) is 5.96. The molecule has 0 aliphatic heterocycles. The third-order valence-corrected chi connectivity index (χ3v) is 2.48. The van der Waals surface area contributed by atoms with Crippen LogP contribution >= 0.6 is 27.5 Å². The average molecular weight is 273 g/mol. The molecule has 0 fully saturated rings. The van der Waals surface area contributed by atoms with E-state index in [0.29, 0.717) is 0 Å². The van der Waals surface area contributed by atoms with E-state index in [4.69, 9.17) is 11.6 Å². The van der Waals surface area contributed by atoms with Crippen LogP contribution < -0.4 is 0 Å². The first-order valence-electron chi connectivity index (χ1n) is 3.37. The summed E-state index contributed by atoms with van der Waals surface area (Å²) in [5.41, 5.74) is -0.603. The summed E-state index contributed by atoms with van der Waals surface area (Å²) in [7, 11) is 0. The van der Waals surface area contributed by atoms with Gasteiger partial charge in [-0.2, -0.15) is 13.2 Å². The van der Waals surface area contributed by atoms with Crippen LogP contribution in [0.25, 0.3) is 0 Å². The van der Waals surface area contributed by atoms with E-state index in [1.165, 1.54) is 18.2 Å². The average Bonchev–Trinajstić information content (AvgIpc) is 2.01. The Kier molecular flexibility index (Phi) is 3.24. The molecular weight excluding hydrogens is 268 g/mol. The van der Waals surface area contributed by atoms with Gasteiger partial charge in [-0.15, -0.1) is 11.6 Å². The van der Waals surface area contributed by atoms with E-state index in [-0.39, 0.29) is 15.9 Å². The molecule has 1 aromatic rings. The molecule has 0 aliphatic carbocycles. The molecule has 0 unspecified atom stereocenters. The fourth-order valence-corrected chi connectivity index (χ4v) is 1.85. The Morgan fingerprint density at radius 2 is 1.92 bits per heavy atom. The van der Waals surface area contributed by atoms with Gasteiger partial charge in [-0.25, -0.2) is 0 Å². The second-order valence-electron chi connectivity index (χ2n) is 2.41. The lowest BCUT2D eigenvalue weighted by atomic mass is 10.1. The van der Waals surface area contributed by atoms with Crippen LogP contribution in [0.4, 0.5) is 13.2 Å². The van der Waals surface area contributed by atoms with Crippen LogP contribution in [0.15, 0.2) is 22.7 Å². The third kappa shape index (κ3) is 2.38. The van der Waals surface area contributed by atoms with Crippen LogP contribution in [0.5, 0.6) is 0 Å². The Hall–Kier alpha value is -0.220. The van der Waals surface area contributed by atoms with Crippen molar-refractivity contribution in [2.24, 2.45) is 0 Å². The number of alkyl halides is 4. The molecule has 0 heterocycles. The summed E-state index contributed by atoms with van der Waals surface area (Å²) in [6, 6.07) is 4.23. The molecule has 0 nitrogen and oxygen atoms in total. The van der Waals surface area contributed by atoms with Gasteiger partial charge in [-0.3, -0.25) is 0 Å². The minimum atomic E-state index is -4.36. The Labute approximate surface area is 86.8 Å². The predicted molar refractivity (Wildman–Crippen MR) is 48.7 cm³/mol. The van der Waals surface area contributed by atoms with E-state index < -0.39 is 11.7 Å². The van der Waals surface area contributed by atoms with E-state index in [1.807, 2.05) is 0 Å². The Balaban J connectivity index is 3.32. The summed E-state index contributed by atoms with van der Waals surface area (Å²) < 4.78 is 37.2. The molecule has 0 radical (unpaired) electrons. The molecule has 0 saturated carbocycles. The number of benzene rings is 1. The smallest absolute Gasteiger partial charge is 0.166 e. The van der Waals surface area contributed by atoms with Crippen molar-refractivity contribution >= 4 is 27.5 Å². The van der Waals surface area contributed by atoms with Gasteiger partial charge >= 0.3 is 6.18 Å². The van der Waals surface area contributed by atoms with Gasteiger partial charge in [-0.05, 0) is 11.6 Å². The van der Waals surface area contributed by atoms with Crippen molar-refractivity contribution in [1.82, 2.24) is 0 Å². The van der Waals surface area contributed by atoms with Crippen LogP contribution in [-0.4, -0.2) is 0 Å². The van der Waals surface area contributed by atoms with Crippen molar-refractivity contribution < 1.29 is 13.2 Å². The lowest BCUT2D eigenvalue weighted by Crippen LogP contribution is -2.09. The molecule has 0 spiro atoms. The standard InChI is InChI=1S/C8H5BrClF3/c9-6-3-1-2-5(4-10)7(6)8(11,12)13/h1-3H,4H2. The summed E-state index contributed by atoms with van der Waals surface area (Å²) in [6.07, 6.45) is -4.36. The minimum absolute atomic E-state index is 0.0261. The van der Waals surface area contributed by atoms with Crippen LogP contribution in [-0.2, 0) is 12.1 Å². The molecule has 13 heavy (non-hydrogen) atoms. The van der Waals surface area contributed by atoms with Gasteiger partial charge in [0.25, 0.3) is 0 Å². The van der Waals surface area contributed by atoms with Crippen molar-refractivity contribution in [3.05, 3.63) is 33.8 Å². The fourth-order valence-electron chi connectivity index (χ4n) is 0.998. The van der Waals surface area contributed by atoms with Gasteiger partial charge in [0, 0.05) is 10.4 Å². The molecule has 0 atom stereocenters. The summed E-state index contributed by atoms with van der Waals surface area (Å²) >= 11 is 8.23. The van der Waals surface area contributed by atoms with E-state index in [1.54, 1.807) is 0 Å². The van der Waals surface area contributed by atoms with Gasteiger partial charge in [0.2, 0.25) is 0 Å². The molecule has 0 amide bonds. The number of hydrogen-bond donors (Lipinski definition) is 0. The van der Waals surface area contributed by atoms with Gasteiger partial charge in [0.1, 0.15) is 0 Å². The maximum Gasteiger partial charge on any atom is 0.417 e. The SMILES string of the molecule is FC(F)(F)c1c(Br)cccc1CCl. The minimum Gasteiger partial charge on any atom is -0.166 e. The zero-order chi connectivity index (χ0) is 10.1. The van der Waals surface area contributed by atoms with E-state index in [9.17, 15) is 13.2 Å². The molecule has 1 aromatic carbocycles. The van der Waals surface area contributed by atoms with Gasteiger partial charge in [0.05, 0.1) is 5.56 Å². The molecule has 0 bridgehead atoms. The predicted octanol–water partition coefficient (Wildman–Crippen LogP) is 4.21. The molecule has 0 N–H and O–H groups in total. The van der Waals surface area contributed by atoms with Crippen LogP contribution in [0, 0.1) is 0 Å². The lowest BCUT2D eigenvalue weighted by molar-refractivity contribution is -0.138. The van der Waals surface area contributed by atoms with E-state index >= 15 is 0 Å². The van der Waals surface area contributed by atoms with Gasteiger partial charge in [-0.1, -0.05) is 28.1 Å². The second kappa shape index (κ2) is 3.88. The summed E-state index contributed by atoms with van der Waals surface area (Å²) in [5, 5.41) is 0. The highest BCUT2D eigenvalue weighted by molar-refractivity contribution is 9.10. The van der Waals surface area contributed by atoms with E-state index in [0.717, 1.165) is 0 Å². The third-order valence-electron chi connectivity index (χ3n) is 1.53. The monoisotopic (exact) mass is 272 g/mol. The molecule has 72 valence electrons. The number of hydrogen-bond acceptors (Lipinski definition) is 0. The largest absolute Gasteiger partial charge is 0.417 e. The van der Waals surface area contributed by atoms with Crippen molar-refractivity contribution in [2.75, 3.05) is 0 Å². The van der Waals surface area contributed by atoms with Crippen molar-refractivity contribution in [3.63, 3.8) is 0 Å². The lowest BCUT2D eigenvalue weighted by Gasteiger charge is -2.12. The van der Waals surface area contributed by atoms with Crippen LogP contribution in [0.2, 0.25) is 0 Å². The first kappa shape index (κ1) is 10.9. The second-order valence-corrected chi connectivity index (χ2v) is 3.53. The number of halogens is 5. The zero-order valence-corrected chi connectivity index (χ0v) is 8.67. The maximum absolute atomic E-state index is 12.4. The summed E-state index contributed by atoms with van der Waals surface area (Å²) in [6.45, 7) is 0. The summed E-state index contributed by atoms with van der Waals surface area (Å²) in [5.74, 6) is -0.145. The van der Waals surface area contributed by atoms with Gasteiger partial charge < -0.3 is 0 Å². The Bertz CT molecular complexity index is 309. The molecule has 1 rings (SSSR count). The number of rotatable bonds is 1. The molecular formula is C8H5BrClF3. The van der Waals surface area contributed by atoms with Gasteiger partial charge in [0.15, 0.2) is 0 Å². The Morgan fingerprint density at radius 3 is 2.31 bits per heavy atom.